The summed E-state index contributed by atoms with van der Waals surface area (Å²) in [5.74, 6) is 0. The van der Waals surface area contributed by atoms with Crippen LogP contribution in [0.5, 0.6) is 0 Å². The van der Waals surface area contributed by atoms with Crippen molar-refractivity contribution < 1.29 is 8.42 Å². The molecule has 1 aliphatic rings. The van der Waals surface area contributed by atoms with Gasteiger partial charge in [0, 0.05) is 32.4 Å². The zero-order valence-corrected chi connectivity index (χ0v) is 14.0. The third-order valence-corrected chi connectivity index (χ3v) is 4.77. The molecule has 0 spiro atoms. The van der Waals surface area contributed by atoms with Gasteiger partial charge in [0.15, 0.2) is 0 Å². The van der Waals surface area contributed by atoms with Crippen molar-refractivity contribution in [2.45, 2.75) is 25.6 Å². The molecule has 6 nitrogen and oxygen atoms in total. The van der Waals surface area contributed by atoms with E-state index >= 15 is 0 Å². The fourth-order valence-electron chi connectivity index (χ4n) is 3.05. The molecule has 2 aromatic rings. The number of hydrogen-bond donors (Lipinski definition) is 1. The lowest BCUT2D eigenvalue weighted by Crippen LogP contribution is -2.38. The molecular weight excluding hydrogens is 312 g/mol. The van der Waals surface area contributed by atoms with Gasteiger partial charge >= 0.3 is 0 Å². The van der Waals surface area contributed by atoms with Gasteiger partial charge in [-0.05, 0) is 18.1 Å². The molecule has 124 valence electrons. The van der Waals surface area contributed by atoms with Crippen LogP contribution in [-0.2, 0) is 23.1 Å². The minimum atomic E-state index is -3.14. The van der Waals surface area contributed by atoms with Crippen molar-refractivity contribution in [3.63, 3.8) is 0 Å². The lowest BCUT2D eigenvalue weighted by molar-refractivity contribution is 0.162. The first-order valence-corrected chi connectivity index (χ1v) is 9.64. The fourth-order valence-corrected chi connectivity index (χ4v) is 3.54. The van der Waals surface area contributed by atoms with E-state index in [-0.39, 0.29) is 6.04 Å². The van der Waals surface area contributed by atoms with Crippen molar-refractivity contribution in [1.29, 1.82) is 0 Å². The summed E-state index contributed by atoms with van der Waals surface area (Å²) in [6.45, 7) is 3.06. The number of rotatable bonds is 6. The Morgan fingerprint density at radius 2 is 2.04 bits per heavy atom. The van der Waals surface area contributed by atoms with Gasteiger partial charge in [0.25, 0.3) is 0 Å². The zero-order valence-electron chi connectivity index (χ0n) is 13.2. The molecule has 0 radical (unpaired) electrons. The second-order valence-corrected chi connectivity index (χ2v) is 7.86. The molecule has 0 saturated heterocycles. The summed E-state index contributed by atoms with van der Waals surface area (Å²) in [7, 11) is -3.14. The Kier molecular flexibility index (Phi) is 4.79. The average molecular weight is 334 g/mol. The Morgan fingerprint density at radius 1 is 1.26 bits per heavy atom. The Hall–Kier alpha value is -1.70. The van der Waals surface area contributed by atoms with E-state index in [2.05, 4.69) is 39.0 Å². The normalized spacial score (nSPS) is 18.7. The predicted octanol–water partition coefficient (Wildman–Crippen LogP) is 1.38. The van der Waals surface area contributed by atoms with Gasteiger partial charge in [-0.2, -0.15) is 5.10 Å². The fraction of sp³-hybridized carbons (Fsp3) is 0.438. The molecule has 3 rings (SSSR count). The van der Waals surface area contributed by atoms with E-state index < -0.39 is 10.0 Å². The number of fused-ring (bicyclic) bond motifs is 1. The molecule has 23 heavy (non-hydrogen) atoms. The zero-order chi connectivity index (χ0) is 16.3. The lowest BCUT2D eigenvalue weighted by Gasteiger charge is -2.34. The standard InChI is InChI=1S/C16H22N4O2S/c1-23(21,22)18-10-8-16-13-19(11-14-5-3-2-4-6-14)12-15-7-9-17-20(15)16/h2-7,9,16,18H,8,10-13H2,1H3/t16-/m0/s1. The summed E-state index contributed by atoms with van der Waals surface area (Å²) < 4.78 is 27.1. The Bertz CT molecular complexity index is 742. The topological polar surface area (TPSA) is 67.2 Å². The Balaban J connectivity index is 1.67. The van der Waals surface area contributed by atoms with Crippen LogP contribution in [0.2, 0.25) is 0 Å². The molecule has 0 bridgehead atoms. The monoisotopic (exact) mass is 334 g/mol. The summed E-state index contributed by atoms with van der Waals surface area (Å²) in [5.41, 5.74) is 2.46. The van der Waals surface area contributed by atoms with Crippen LogP contribution in [0.15, 0.2) is 42.6 Å². The minimum absolute atomic E-state index is 0.187. The van der Waals surface area contributed by atoms with Crippen LogP contribution >= 0.6 is 0 Å². The smallest absolute Gasteiger partial charge is 0.208 e. The first-order valence-electron chi connectivity index (χ1n) is 7.74. The van der Waals surface area contributed by atoms with E-state index in [1.54, 1.807) is 0 Å². The van der Waals surface area contributed by atoms with Gasteiger partial charge < -0.3 is 0 Å². The van der Waals surface area contributed by atoms with E-state index in [4.69, 9.17) is 0 Å². The van der Waals surface area contributed by atoms with Gasteiger partial charge in [0.1, 0.15) is 0 Å². The van der Waals surface area contributed by atoms with Crippen LogP contribution in [0, 0.1) is 0 Å². The maximum atomic E-state index is 11.2. The van der Waals surface area contributed by atoms with Crippen LogP contribution < -0.4 is 4.72 Å². The van der Waals surface area contributed by atoms with Gasteiger partial charge in [-0.25, -0.2) is 13.1 Å². The van der Waals surface area contributed by atoms with E-state index in [1.807, 2.05) is 23.0 Å². The van der Waals surface area contributed by atoms with Crippen molar-refractivity contribution in [3.8, 4) is 0 Å². The molecule has 2 heterocycles. The van der Waals surface area contributed by atoms with Crippen molar-refractivity contribution in [2.24, 2.45) is 0 Å². The molecule has 0 unspecified atom stereocenters. The van der Waals surface area contributed by atoms with Crippen molar-refractivity contribution in [3.05, 3.63) is 53.9 Å². The van der Waals surface area contributed by atoms with Crippen LogP contribution in [0.4, 0.5) is 0 Å². The third-order valence-electron chi connectivity index (χ3n) is 4.04. The highest BCUT2D eigenvalue weighted by molar-refractivity contribution is 7.88. The molecule has 0 fully saturated rings. The van der Waals surface area contributed by atoms with Gasteiger partial charge in [-0.15, -0.1) is 0 Å². The molecular formula is C16H22N4O2S. The van der Waals surface area contributed by atoms with Gasteiger partial charge in [0.2, 0.25) is 10.0 Å². The number of aromatic nitrogens is 2. The first-order chi connectivity index (χ1) is 11.0. The molecule has 0 aliphatic carbocycles. The Labute approximate surface area is 137 Å². The number of nitrogens with zero attached hydrogens (tertiary/aromatic N) is 3. The lowest BCUT2D eigenvalue weighted by atomic mass is 10.1. The molecule has 1 aromatic carbocycles. The molecule has 1 aliphatic heterocycles. The average Bonchev–Trinajstić information content (AvgIpc) is 2.95. The van der Waals surface area contributed by atoms with E-state index in [0.717, 1.165) is 26.1 Å². The van der Waals surface area contributed by atoms with Crippen molar-refractivity contribution in [1.82, 2.24) is 19.4 Å². The SMILES string of the molecule is CS(=O)(=O)NCC[C@H]1CN(Cc2ccccc2)Cc2ccnn21. The summed E-state index contributed by atoms with van der Waals surface area (Å²) in [4.78, 5) is 2.39. The number of benzene rings is 1. The van der Waals surface area contributed by atoms with Crippen molar-refractivity contribution in [2.75, 3.05) is 19.3 Å². The van der Waals surface area contributed by atoms with Crippen molar-refractivity contribution >= 4 is 10.0 Å². The molecule has 1 N–H and O–H groups in total. The Morgan fingerprint density at radius 3 is 2.78 bits per heavy atom. The van der Waals surface area contributed by atoms with E-state index in [1.165, 1.54) is 17.5 Å². The molecule has 7 heteroatoms. The second-order valence-electron chi connectivity index (χ2n) is 6.03. The molecule has 1 atom stereocenters. The summed E-state index contributed by atoms with van der Waals surface area (Å²) in [5, 5.41) is 4.41. The van der Waals surface area contributed by atoms with Crippen LogP contribution in [0.3, 0.4) is 0 Å². The van der Waals surface area contributed by atoms with Gasteiger partial charge in [-0.1, -0.05) is 30.3 Å². The van der Waals surface area contributed by atoms with Gasteiger partial charge in [-0.3, -0.25) is 9.58 Å². The maximum absolute atomic E-state index is 11.2. The highest BCUT2D eigenvalue weighted by Crippen LogP contribution is 2.24. The molecule has 0 saturated carbocycles. The quantitative estimate of drug-likeness (QED) is 0.867. The van der Waals surface area contributed by atoms with Crippen LogP contribution in [0.25, 0.3) is 0 Å². The highest BCUT2D eigenvalue weighted by Gasteiger charge is 2.25. The summed E-state index contributed by atoms with van der Waals surface area (Å²) in [6, 6.07) is 12.6. The maximum Gasteiger partial charge on any atom is 0.208 e. The summed E-state index contributed by atoms with van der Waals surface area (Å²) in [6.07, 6.45) is 3.74. The predicted molar refractivity (Wildman–Crippen MR) is 89.3 cm³/mol. The number of nitrogens with one attached hydrogen (secondary N) is 1. The van der Waals surface area contributed by atoms with Crippen LogP contribution in [0.1, 0.15) is 23.7 Å². The molecule has 1 aromatic heterocycles. The van der Waals surface area contributed by atoms with Gasteiger partial charge in [0.05, 0.1) is 18.0 Å². The largest absolute Gasteiger partial charge is 0.291 e. The second kappa shape index (κ2) is 6.82. The third kappa shape index (κ3) is 4.40. The highest BCUT2D eigenvalue weighted by atomic mass is 32.2. The van der Waals surface area contributed by atoms with E-state index in [9.17, 15) is 8.42 Å². The number of hydrogen-bond acceptors (Lipinski definition) is 4. The minimum Gasteiger partial charge on any atom is -0.291 e. The number of sulfonamides is 1. The first kappa shape index (κ1) is 16.2. The van der Waals surface area contributed by atoms with E-state index in [0.29, 0.717) is 6.54 Å². The van der Waals surface area contributed by atoms with Crippen LogP contribution in [-0.4, -0.2) is 42.4 Å². The molecule has 0 amide bonds. The summed E-state index contributed by atoms with van der Waals surface area (Å²) >= 11 is 0.